The van der Waals surface area contributed by atoms with Crippen LogP contribution in [-0.4, -0.2) is 24.1 Å². The van der Waals surface area contributed by atoms with Gasteiger partial charge in [-0.15, -0.1) is 0 Å². The Hall–Kier alpha value is -2.10. The van der Waals surface area contributed by atoms with Crippen LogP contribution in [0.5, 0.6) is 6.01 Å². The monoisotopic (exact) mass is 215 g/mol. The zero-order valence-corrected chi connectivity index (χ0v) is 9.27. The molecule has 2 rings (SSSR count). The molecule has 0 spiro atoms. The highest BCUT2D eigenvalue weighted by atomic mass is 16.5. The largest absolute Gasteiger partial charge is 0.467 e. The fourth-order valence-electron chi connectivity index (χ4n) is 1.41. The maximum atomic E-state index is 4.99. The van der Waals surface area contributed by atoms with E-state index in [1.54, 1.807) is 13.3 Å². The molecule has 1 aromatic heterocycles. The van der Waals surface area contributed by atoms with E-state index in [9.17, 15) is 0 Å². The molecule has 1 heterocycles. The first-order valence-electron chi connectivity index (χ1n) is 4.98. The molecule has 0 aliphatic heterocycles. The summed E-state index contributed by atoms with van der Waals surface area (Å²) < 4.78 is 4.99. The minimum Gasteiger partial charge on any atom is -0.467 e. The van der Waals surface area contributed by atoms with Gasteiger partial charge < -0.3 is 10.1 Å². The van der Waals surface area contributed by atoms with E-state index in [4.69, 9.17) is 4.74 Å². The summed E-state index contributed by atoms with van der Waals surface area (Å²) in [6.45, 7) is 0. The van der Waals surface area contributed by atoms with E-state index in [1.165, 1.54) is 0 Å². The average molecular weight is 215 g/mol. The van der Waals surface area contributed by atoms with Gasteiger partial charge in [0.1, 0.15) is 0 Å². The first-order valence-corrected chi connectivity index (χ1v) is 4.98. The van der Waals surface area contributed by atoms with Gasteiger partial charge in [0.15, 0.2) is 0 Å². The first kappa shape index (κ1) is 10.4. The lowest BCUT2D eigenvalue weighted by molar-refractivity contribution is 0.380. The van der Waals surface area contributed by atoms with Crippen molar-refractivity contribution in [3.8, 4) is 17.3 Å². The van der Waals surface area contributed by atoms with E-state index < -0.39 is 0 Å². The van der Waals surface area contributed by atoms with Crippen LogP contribution in [0.3, 0.4) is 0 Å². The molecular formula is C12H13N3O. The van der Waals surface area contributed by atoms with Crippen LogP contribution in [0.4, 0.5) is 5.69 Å². The molecule has 0 bridgehead atoms. The predicted octanol–water partition coefficient (Wildman–Crippen LogP) is 2.19. The van der Waals surface area contributed by atoms with Crippen molar-refractivity contribution in [3.05, 3.63) is 36.5 Å². The van der Waals surface area contributed by atoms with E-state index in [-0.39, 0.29) is 0 Å². The zero-order chi connectivity index (χ0) is 11.4. The summed E-state index contributed by atoms with van der Waals surface area (Å²) in [6, 6.07) is 10.3. The maximum absolute atomic E-state index is 4.99. The first-order chi connectivity index (χ1) is 7.83. The number of rotatable bonds is 3. The summed E-state index contributed by atoms with van der Waals surface area (Å²) in [6.07, 6.45) is 1.69. The van der Waals surface area contributed by atoms with E-state index in [0.29, 0.717) is 6.01 Å². The van der Waals surface area contributed by atoms with Crippen LogP contribution in [-0.2, 0) is 0 Å². The van der Waals surface area contributed by atoms with Gasteiger partial charge in [-0.1, -0.05) is 12.1 Å². The Bertz CT molecular complexity index is 468. The SMILES string of the molecule is CNc1ccc(-c2ccnc(OC)n2)cc1. The molecule has 0 aliphatic rings. The molecule has 82 valence electrons. The minimum absolute atomic E-state index is 0.384. The summed E-state index contributed by atoms with van der Waals surface area (Å²) in [5, 5.41) is 3.07. The second kappa shape index (κ2) is 4.61. The van der Waals surface area contributed by atoms with Crippen LogP contribution in [0.25, 0.3) is 11.3 Å². The van der Waals surface area contributed by atoms with Gasteiger partial charge in [0.2, 0.25) is 0 Å². The third-order valence-corrected chi connectivity index (χ3v) is 2.29. The third-order valence-electron chi connectivity index (χ3n) is 2.29. The highest BCUT2D eigenvalue weighted by molar-refractivity contribution is 5.62. The van der Waals surface area contributed by atoms with Crippen LogP contribution in [0.1, 0.15) is 0 Å². The lowest BCUT2D eigenvalue weighted by Crippen LogP contribution is -1.93. The van der Waals surface area contributed by atoms with Crippen LogP contribution in [0, 0.1) is 0 Å². The number of hydrogen-bond donors (Lipinski definition) is 1. The summed E-state index contributed by atoms with van der Waals surface area (Å²) in [7, 11) is 3.45. The molecule has 0 saturated heterocycles. The third kappa shape index (κ3) is 2.11. The van der Waals surface area contributed by atoms with E-state index >= 15 is 0 Å². The molecule has 1 aromatic carbocycles. The molecule has 0 aliphatic carbocycles. The van der Waals surface area contributed by atoms with Crippen molar-refractivity contribution in [2.24, 2.45) is 0 Å². The molecular weight excluding hydrogens is 202 g/mol. The van der Waals surface area contributed by atoms with Crippen molar-refractivity contribution >= 4 is 5.69 Å². The predicted molar refractivity (Wildman–Crippen MR) is 63.6 cm³/mol. The smallest absolute Gasteiger partial charge is 0.316 e. The van der Waals surface area contributed by atoms with Crippen molar-refractivity contribution in [1.29, 1.82) is 0 Å². The number of anilines is 1. The average Bonchev–Trinajstić information content (AvgIpc) is 2.39. The maximum Gasteiger partial charge on any atom is 0.316 e. The van der Waals surface area contributed by atoms with Gasteiger partial charge in [-0.3, -0.25) is 0 Å². The number of aromatic nitrogens is 2. The molecule has 4 heteroatoms. The van der Waals surface area contributed by atoms with E-state index in [2.05, 4.69) is 15.3 Å². The number of benzene rings is 1. The van der Waals surface area contributed by atoms with E-state index in [1.807, 2.05) is 37.4 Å². The van der Waals surface area contributed by atoms with Gasteiger partial charge in [0, 0.05) is 24.5 Å². The quantitative estimate of drug-likeness (QED) is 0.852. The minimum atomic E-state index is 0.384. The molecule has 4 nitrogen and oxygen atoms in total. The molecule has 1 N–H and O–H groups in total. The zero-order valence-electron chi connectivity index (χ0n) is 9.27. The van der Waals surface area contributed by atoms with Gasteiger partial charge in [-0.25, -0.2) is 4.98 Å². The normalized spacial score (nSPS) is 9.88. The van der Waals surface area contributed by atoms with Crippen molar-refractivity contribution < 1.29 is 4.74 Å². The number of hydrogen-bond acceptors (Lipinski definition) is 4. The summed E-state index contributed by atoms with van der Waals surface area (Å²) in [5.74, 6) is 0. The van der Waals surface area contributed by atoms with Gasteiger partial charge >= 0.3 is 6.01 Å². The van der Waals surface area contributed by atoms with Crippen molar-refractivity contribution in [2.75, 3.05) is 19.5 Å². The summed E-state index contributed by atoms with van der Waals surface area (Å²) in [4.78, 5) is 8.23. The van der Waals surface area contributed by atoms with Gasteiger partial charge in [-0.2, -0.15) is 4.98 Å². The highest BCUT2D eigenvalue weighted by Crippen LogP contribution is 2.20. The Morgan fingerprint density at radius 3 is 2.50 bits per heavy atom. The van der Waals surface area contributed by atoms with Gasteiger partial charge in [0.05, 0.1) is 12.8 Å². The Morgan fingerprint density at radius 2 is 1.88 bits per heavy atom. The molecule has 0 amide bonds. The fraction of sp³-hybridized carbons (Fsp3) is 0.167. The number of nitrogens with zero attached hydrogens (tertiary/aromatic N) is 2. The highest BCUT2D eigenvalue weighted by Gasteiger charge is 2.01. The van der Waals surface area contributed by atoms with Crippen LogP contribution >= 0.6 is 0 Å². The summed E-state index contributed by atoms with van der Waals surface area (Å²) >= 11 is 0. The van der Waals surface area contributed by atoms with Crippen molar-refractivity contribution in [3.63, 3.8) is 0 Å². The Labute approximate surface area is 94.3 Å². The van der Waals surface area contributed by atoms with Crippen molar-refractivity contribution in [1.82, 2.24) is 9.97 Å². The molecule has 0 atom stereocenters. The van der Waals surface area contributed by atoms with Gasteiger partial charge in [-0.05, 0) is 18.2 Å². The Kier molecular flexibility index (Phi) is 3.00. The molecule has 0 fully saturated rings. The molecule has 0 radical (unpaired) electrons. The molecule has 0 saturated carbocycles. The Morgan fingerprint density at radius 1 is 1.12 bits per heavy atom. The lowest BCUT2D eigenvalue weighted by Gasteiger charge is -2.04. The molecule has 2 aromatic rings. The Balaban J connectivity index is 2.34. The molecule has 0 unspecified atom stereocenters. The molecule has 16 heavy (non-hydrogen) atoms. The van der Waals surface area contributed by atoms with E-state index in [0.717, 1.165) is 16.9 Å². The summed E-state index contributed by atoms with van der Waals surface area (Å²) in [5.41, 5.74) is 2.97. The topological polar surface area (TPSA) is 47.0 Å². The number of methoxy groups -OCH3 is 1. The number of ether oxygens (including phenoxy) is 1. The number of nitrogens with one attached hydrogen (secondary N) is 1. The lowest BCUT2D eigenvalue weighted by atomic mass is 10.1. The van der Waals surface area contributed by atoms with Crippen LogP contribution < -0.4 is 10.1 Å². The second-order valence-electron chi connectivity index (χ2n) is 3.26. The standard InChI is InChI=1S/C12H13N3O/c1-13-10-5-3-9(4-6-10)11-7-8-14-12(15-11)16-2/h3-8,13H,1-2H3. The van der Waals surface area contributed by atoms with Crippen LogP contribution in [0.15, 0.2) is 36.5 Å². The second-order valence-corrected chi connectivity index (χ2v) is 3.26. The fourth-order valence-corrected chi connectivity index (χ4v) is 1.41. The van der Waals surface area contributed by atoms with Crippen LogP contribution in [0.2, 0.25) is 0 Å². The van der Waals surface area contributed by atoms with Gasteiger partial charge in [0.25, 0.3) is 0 Å². The van der Waals surface area contributed by atoms with Crippen molar-refractivity contribution in [2.45, 2.75) is 0 Å².